The molecule has 0 amide bonds. The molecule has 0 bridgehead atoms. The van der Waals surface area contributed by atoms with Crippen LogP contribution >= 0.6 is 0 Å². The summed E-state index contributed by atoms with van der Waals surface area (Å²) >= 11 is 0. The summed E-state index contributed by atoms with van der Waals surface area (Å²) in [4.78, 5) is 4.51. The van der Waals surface area contributed by atoms with Crippen molar-refractivity contribution in [2.75, 3.05) is 6.61 Å². The number of nitriles is 1. The van der Waals surface area contributed by atoms with Crippen LogP contribution in [0, 0.1) is 28.8 Å². The van der Waals surface area contributed by atoms with Gasteiger partial charge in [-0.15, -0.1) is 0 Å². The van der Waals surface area contributed by atoms with Crippen LogP contribution in [-0.4, -0.2) is 11.6 Å². The van der Waals surface area contributed by atoms with Crippen LogP contribution in [0.5, 0.6) is 5.75 Å². The number of hydrogen-bond acceptors (Lipinski definition) is 3. The molecule has 196 valence electrons. The van der Waals surface area contributed by atoms with E-state index in [0.717, 1.165) is 53.8 Å². The Hall–Kier alpha value is -3.85. The van der Waals surface area contributed by atoms with Crippen molar-refractivity contribution in [2.45, 2.75) is 58.3 Å². The Bertz CT molecular complexity index is 1400. The summed E-state index contributed by atoms with van der Waals surface area (Å²) in [5.41, 5.74) is 2.32. The van der Waals surface area contributed by atoms with Crippen molar-refractivity contribution in [3.63, 3.8) is 0 Å². The molecule has 0 aliphatic rings. The van der Waals surface area contributed by atoms with E-state index < -0.39 is 17.2 Å². The molecule has 1 aromatic heterocycles. The normalized spacial score (nSPS) is 11.0. The van der Waals surface area contributed by atoms with Gasteiger partial charge in [-0.2, -0.15) is 5.26 Å². The highest BCUT2D eigenvalue weighted by molar-refractivity contribution is 5.84. The van der Waals surface area contributed by atoms with Crippen LogP contribution in [0.1, 0.15) is 60.6 Å². The highest BCUT2D eigenvalue weighted by atomic mass is 19.1. The lowest BCUT2D eigenvalue weighted by molar-refractivity contribution is 0.304. The van der Waals surface area contributed by atoms with Crippen molar-refractivity contribution in [3.05, 3.63) is 106 Å². The van der Waals surface area contributed by atoms with Crippen molar-refractivity contribution in [1.29, 1.82) is 5.26 Å². The number of aryl methyl sites for hydroxylation is 4. The largest absolute Gasteiger partial charge is 0.492 e. The van der Waals surface area contributed by atoms with Gasteiger partial charge >= 0.3 is 0 Å². The fraction of sp³-hybridized carbons (Fsp3) is 0.312. The van der Waals surface area contributed by atoms with Gasteiger partial charge in [-0.05, 0) is 78.4 Å². The number of aromatic nitrogens is 1. The second kappa shape index (κ2) is 13.1. The van der Waals surface area contributed by atoms with E-state index in [4.69, 9.17) is 10.00 Å². The lowest BCUT2D eigenvalue weighted by Gasteiger charge is -2.10. The zero-order valence-corrected chi connectivity index (χ0v) is 21.6. The van der Waals surface area contributed by atoms with E-state index in [-0.39, 0.29) is 12.2 Å². The molecule has 4 aromatic rings. The molecule has 0 unspecified atom stereocenters. The van der Waals surface area contributed by atoms with Crippen LogP contribution < -0.4 is 4.74 Å². The fourth-order valence-electron chi connectivity index (χ4n) is 4.53. The summed E-state index contributed by atoms with van der Waals surface area (Å²) in [5.74, 6) is -1.33. The van der Waals surface area contributed by atoms with Gasteiger partial charge in [0.15, 0.2) is 0 Å². The second-order valence-electron chi connectivity index (χ2n) is 9.53. The first-order valence-corrected chi connectivity index (χ1v) is 13.1. The number of halogens is 3. The van der Waals surface area contributed by atoms with Gasteiger partial charge in [0.1, 0.15) is 34.8 Å². The Balaban J connectivity index is 1.35. The highest BCUT2D eigenvalue weighted by Gasteiger charge is 2.13. The Morgan fingerprint density at radius 3 is 2.32 bits per heavy atom. The molecule has 0 spiro atoms. The summed E-state index contributed by atoms with van der Waals surface area (Å²) in [6.07, 6.45) is 8.53. The molecule has 0 saturated heterocycles. The molecule has 0 aliphatic heterocycles. The molecule has 0 radical (unpaired) electrons. The van der Waals surface area contributed by atoms with E-state index in [2.05, 4.69) is 11.9 Å². The number of fused-ring (bicyclic) bond motifs is 1. The Kier molecular flexibility index (Phi) is 9.37. The third-order valence-electron chi connectivity index (χ3n) is 6.73. The van der Waals surface area contributed by atoms with Crippen molar-refractivity contribution in [1.82, 2.24) is 4.98 Å². The summed E-state index contributed by atoms with van der Waals surface area (Å²) in [6, 6.07) is 17.0. The van der Waals surface area contributed by atoms with Gasteiger partial charge in [0.2, 0.25) is 0 Å². The SMILES string of the molecule is CCCCCCOc1ccc(CCc2ccc3c(F)c(CCc4cc(F)c(C#N)c(F)c4)ccc3c2)nc1. The quantitative estimate of drug-likeness (QED) is 0.179. The molecular formula is C32H31F3N2O. The van der Waals surface area contributed by atoms with E-state index in [0.29, 0.717) is 29.5 Å². The van der Waals surface area contributed by atoms with Gasteiger partial charge in [-0.3, -0.25) is 4.98 Å². The third-order valence-corrected chi connectivity index (χ3v) is 6.73. The number of nitrogens with zero attached hydrogens (tertiary/aromatic N) is 2. The van der Waals surface area contributed by atoms with E-state index in [1.54, 1.807) is 18.3 Å². The predicted molar refractivity (Wildman–Crippen MR) is 144 cm³/mol. The van der Waals surface area contributed by atoms with E-state index >= 15 is 4.39 Å². The molecule has 38 heavy (non-hydrogen) atoms. The topological polar surface area (TPSA) is 45.9 Å². The summed E-state index contributed by atoms with van der Waals surface area (Å²) in [7, 11) is 0. The number of ether oxygens (including phenoxy) is 1. The lowest BCUT2D eigenvalue weighted by Crippen LogP contribution is -2.00. The van der Waals surface area contributed by atoms with E-state index in [9.17, 15) is 8.78 Å². The maximum Gasteiger partial charge on any atom is 0.144 e. The molecule has 0 N–H and O–H groups in total. The number of unbranched alkanes of at least 4 members (excludes halogenated alkanes) is 3. The Morgan fingerprint density at radius 1 is 0.816 bits per heavy atom. The van der Waals surface area contributed by atoms with Crippen molar-refractivity contribution in [2.24, 2.45) is 0 Å². The van der Waals surface area contributed by atoms with Crippen LogP contribution in [0.25, 0.3) is 10.8 Å². The smallest absolute Gasteiger partial charge is 0.144 e. The van der Waals surface area contributed by atoms with Crippen molar-refractivity contribution < 1.29 is 17.9 Å². The number of benzene rings is 3. The third kappa shape index (κ3) is 6.92. The minimum Gasteiger partial charge on any atom is -0.492 e. The van der Waals surface area contributed by atoms with Crippen molar-refractivity contribution in [3.8, 4) is 11.8 Å². The number of rotatable bonds is 12. The average molecular weight is 517 g/mol. The summed E-state index contributed by atoms with van der Waals surface area (Å²) in [5, 5.41) is 10.1. The minimum atomic E-state index is -0.897. The van der Waals surface area contributed by atoms with Crippen LogP contribution in [0.2, 0.25) is 0 Å². The molecule has 3 aromatic carbocycles. The van der Waals surface area contributed by atoms with Gasteiger partial charge < -0.3 is 4.74 Å². The van der Waals surface area contributed by atoms with Gasteiger partial charge in [-0.1, -0.05) is 56.5 Å². The molecule has 3 nitrogen and oxygen atoms in total. The molecule has 6 heteroatoms. The van der Waals surface area contributed by atoms with Gasteiger partial charge in [0, 0.05) is 11.1 Å². The molecule has 4 rings (SSSR count). The Morgan fingerprint density at radius 2 is 1.61 bits per heavy atom. The fourth-order valence-corrected chi connectivity index (χ4v) is 4.53. The maximum atomic E-state index is 15.2. The zero-order chi connectivity index (χ0) is 26.9. The molecular weight excluding hydrogens is 485 g/mol. The van der Waals surface area contributed by atoms with Gasteiger partial charge in [0.25, 0.3) is 0 Å². The highest BCUT2D eigenvalue weighted by Crippen LogP contribution is 2.25. The zero-order valence-electron chi connectivity index (χ0n) is 21.6. The minimum absolute atomic E-state index is 0.260. The average Bonchev–Trinajstić information content (AvgIpc) is 2.92. The Labute approximate surface area is 221 Å². The number of pyridine rings is 1. The first kappa shape index (κ1) is 27.2. The van der Waals surface area contributed by atoms with Crippen LogP contribution in [0.4, 0.5) is 13.2 Å². The second-order valence-corrected chi connectivity index (χ2v) is 9.53. The predicted octanol–water partition coefficient (Wildman–Crippen LogP) is 8.05. The monoisotopic (exact) mass is 516 g/mol. The van der Waals surface area contributed by atoms with Crippen LogP contribution in [-0.2, 0) is 25.7 Å². The van der Waals surface area contributed by atoms with Gasteiger partial charge in [-0.25, -0.2) is 13.2 Å². The molecule has 0 atom stereocenters. The molecule has 1 heterocycles. The van der Waals surface area contributed by atoms with Crippen LogP contribution in [0.3, 0.4) is 0 Å². The molecule has 0 aliphatic carbocycles. The summed E-state index contributed by atoms with van der Waals surface area (Å²) in [6.45, 7) is 2.90. The molecule has 0 saturated carbocycles. The number of hydrogen-bond donors (Lipinski definition) is 0. The van der Waals surface area contributed by atoms with Gasteiger partial charge in [0.05, 0.1) is 12.8 Å². The first-order chi connectivity index (χ1) is 18.5. The molecule has 0 fully saturated rings. The first-order valence-electron chi connectivity index (χ1n) is 13.1. The van der Waals surface area contributed by atoms with E-state index in [1.807, 2.05) is 30.3 Å². The van der Waals surface area contributed by atoms with Crippen LogP contribution in [0.15, 0.2) is 60.8 Å². The van der Waals surface area contributed by atoms with E-state index in [1.165, 1.54) is 25.3 Å². The summed E-state index contributed by atoms with van der Waals surface area (Å²) < 4.78 is 48.7. The lowest BCUT2D eigenvalue weighted by atomic mass is 9.97. The maximum absolute atomic E-state index is 15.2. The van der Waals surface area contributed by atoms with Crippen molar-refractivity contribution >= 4 is 10.8 Å². The standard InChI is InChI=1S/C32H31F3N2O/c1-2-3-4-5-16-38-27-14-13-26(37-21-27)12-7-22-8-15-28-25(17-22)11-10-24(32(28)35)9-6-23-18-30(33)29(20-36)31(34)19-23/h8,10-11,13-15,17-19,21H,2-7,9,12,16H2,1H3.